The Morgan fingerprint density at radius 1 is 1.11 bits per heavy atom. The number of ether oxygens (including phenoxy) is 2. The zero-order valence-electron chi connectivity index (χ0n) is 14.8. The molecule has 0 bridgehead atoms. The normalized spacial score (nSPS) is 14.9. The third-order valence-corrected chi connectivity index (χ3v) is 4.55. The van der Waals surface area contributed by atoms with Gasteiger partial charge < -0.3 is 15.2 Å². The van der Waals surface area contributed by atoms with E-state index in [0.29, 0.717) is 23.9 Å². The summed E-state index contributed by atoms with van der Waals surface area (Å²) in [7, 11) is 0. The number of thioether (sulfide) groups is 1. The van der Waals surface area contributed by atoms with Gasteiger partial charge in [0.25, 0.3) is 5.91 Å². The van der Waals surface area contributed by atoms with Crippen LogP contribution in [-0.2, 0) is 11.2 Å². The second kappa shape index (κ2) is 9.09. The molecule has 1 aliphatic heterocycles. The number of allylic oxidation sites excluding steroid dienone is 1. The van der Waals surface area contributed by atoms with E-state index in [1.54, 1.807) is 6.08 Å². The Morgan fingerprint density at radius 3 is 2.70 bits per heavy atom. The molecule has 2 aromatic carbocycles. The molecule has 0 unspecified atom stereocenters. The van der Waals surface area contributed by atoms with Crippen molar-refractivity contribution in [3.8, 4) is 11.5 Å². The number of amides is 1. The summed E-state index contributed by atoms with van der Waals surface area (Å²) in [4.78, 5) is 15.9. The molecule has 3 rings (SSSR count). The van der Waals surface area contributed by atoms with Gasteiger partial charge in [0.15, 0.2) is 5.17 Å². The monoisotopic (exact) mass is 380 g/mol. The van der Waals surface area contributed by atoms with Gasteiger partial charge in [-0.2, -0.15) is 4.99 Å². The Balaban J connectivity index is 1.54. The Morgan fingerprint density at radius 2 is 1.93 bits per heavy atom. The zero-order chi connectivity index (χ0) is 19.1. The minimum absolute atomic E-state index is 0.271. The fourth-order valence-electron chi connectivity index (χ4n) is 2.55. The average molecular weight is 380 g/mol. The summed E-state index contributed by atoms with van der Waals surface area (Å²) in [5, 5.41) is 0.271. The fourth-order valence-corrected chi connectivity index (χ4v) is 3.23. The highest BCUT2D eigenvalue weighted by atomic mass is 32.2. The number of amidine groups is 1. The number of nitrogens with two attached hydrogens (primary N) is 1. The lowest BCUT2D eigenvalue weighted by Crippen LogP contribution is -2.10. The molecule has 0 atom stereocenters. The van der Waals surface area contributed by atoms with E-state index < -0.39 is 0 Å². The first-order chi connectivity index (χ1) is 13.2. The van der Waals surface area contributed by atoms with Crippen molar-refractivity contribution in [3.63, 3.8) is 0 Å². The third kappa shape index (κ3) is 5.24. The SMILES string of the molecule is C=CCc1ccccc1OCCOc1cccc(/C=C2/SC(N)=NC2=O)c1. The maximum absolute atomic E-state index is 11.7. The number of rotatable bonds is 8. The van der Waals surface area contributed by atoms with Gasteiger partial charge in [-0.1, -0.05) is 36.4 Å². The lowest BCUT2D eigenvalue weighted by Gasteiger charge is -2.11. The fraction of sp³-hybridized carbons (Fsp3) is 0.143. The molecule has 2 N–H and O–H groups in total. The van der Waals surface area contributed by atoms with E-state index in [4.69, 9.17) is 15.2 Å². The Hall–Kier alpha value is -2.99. The van der Waals surface area contributed by atoms with Crippen LogP contribution in [0.4, 0.5) is 0 Å². The lowest BCUT2D eigenvalue weighted by molar-refractivity contribution is -0.113. The number of nitrogens with zero attached hydrogens (tertiary/aromatic N) is 1. The first kappa shape index (κ1) is 18.8. The van der Waals surface area contributed by atoms with Gasteiger partial charge in [-0.05, 0) is 53.6 Å². The third-order valence-electron chi connectivity index (χ3n) is 3.74. The first-order valence-electron chi connectivity index (χ1n) is 8.48. The van der Waals surface area contributed by atoms with Crippen molar-refractivity contribution in [3.05, 3.63) is 77.2 Å². The molecule has 0 saturated heterocycles. The summed E-state index contributed by atoms with van der Waals surface area (Å²) in [6.07, 6.45) is 4.37. The van der Waals surface area contributed by atoms with Crippen LogP contribution in [-0.4, -0.2) is 24.3 Å². The van der Waals surface area contributed by atoms with Gasteiger partial charge in [-0.15, -0.1) is 6.58 Å². The van der Waals surface area contributed by atoms with Gasteiger partial charge in [0.1, 0.15) is 24.7 Å². The molecule has 0 radical (unpaired) electrons. The summed E-state index contributed by atoms with van der Waals surface area (Å²) in [6, 6.07) is 15.4. The predicted molar refractivity (Wildman–Crippen MR) is 110 cm³/mol. The highest BCUT2D eigenvalue weighted by Crippen LogP contribution is 2.27. The van der Waals surface area contributed by atoms with Crippen molar-refractivity contribution in [1.29, 1.82) is 0 Å². The van der Waals surface area contributed by atoms with Crippen LogP contribution < -0.4 is 15.2 Å². The molecular formula is C21H20N2O3S. The van der Waals surface area contributed by atoms with Crippen molar-refractivity contribution in [2.45, 2.75) is 6.42 Å². The molecule has 1 amide bonds. The van der Waals surface area contributed by atoms with E-state index in [1.165, 1.54) is 11.8 Å². The van der Waals surface area contributed by atoms with Gasteiger partial charge in [0.2, 0.25) is 0 Å². The first-order valence-corrected chi connectivity index (χ1v) is 9.30. The molecular weight excluding hydrogens is 360 g/mol. The van der Waals surface area contributed by atoms with Gasteiger partial charge in [-0.25, -0.2) is 0 Å². The molecule has 5 nitrogen and oxygen atoms in total. The van der Waals surface area contributed by atoms with E-state index in [1.807, 2.05) is 54.6 Å². The molecule has 1 aliphatic rings. The van der Waals surface area contributed by atoms with Crippen LogP contribution in [0.3, 0.4) is 0 Å². The van der Waals surface area contributed by atoms with Gasteiger partial charge in [0.05, 0.1) is 4.91 Å². The molecule has 0 spiro atoms. The van der Waals surface area contributed by atoms with Crippen molar-refractivity contribution in [2.24, 2.45) is 10.7 Å². The van der Waals surface area contributed by atoms with Crippen molar-refractivity contribution >= 4 is 28.9 Å². The molecule has 1 heterocycles. The maximum Gasteiger partial charge on any atom is 0.286 e. The van der Waals surface area contributed by atoms with Crippen LogP contribution in [0.1, 0.15) is 11.1 Å². The molecule has 0 fully saturated rings. The van der Waals surface area contributed by atoms with Crippen LogP contribution in [0.5, 0.6) is 11.5 Å². The number of carbonyl (C=O) groups is 1. The summed E-state index contributed by atoms with van der Waals surface area (Å²) in [5.74, 6) is 1.24. The highest BCUT2D eigenvalue weighted by molar-refractivity contribution is 8.18. The number of hydrogen-bond acceptors (Lipinski definition) is 5. The van der Waals surface area contributed by atoms with Crippen LogP contribution in [0.15, 0.2) is 71.1 Å². The summed E-state index contributed by atoms with van der Waals surface area (Å²) in [5.41, 5.74) is 7.52. The smallest absolute Gasteiger partial charge is 0.286 e. The van der Waals surface area contributed by atoms with Crippen molar-refractivity contribution < 1.29 is 14.3 Å². The van der Waals surface area contributed by atoms with E-state index in [2.05, 4.69) is 11.6 Å². The van der Waals surface area contributed by atoms with Gasteiger partial charge >= 0.3 is 0 Å². The summed E-state index contributed by atoms with van der Waals surface area (Å²) >= 11 is 1.17. The number of para-hydroxylation sites is 1. The zero-order valence-corrected chi connectivity index (χ0v) is 15.6. The standard InChI is InChI=1S/C21H20N2O3S/c1-2-6-16-8-3-4-10-18(16)26-12-11-25-17-9-5-7-15(13-17)14-19-20(24)23-21(22)27-19/h2-5,7-10,13-14H,1,6,11-12H2,(H2,22,23,24)/b19-14+. The topological polar surface area (TPSA) is 73.9 Å². The minimum Gasteiger partial charge on any atom is -0.490 e. The molecule has 6 heteroatoms. The van der Waals surface area contributed by atoms with Crippen LogP contribution in [0.2, 0.25) is 0 Å². The number of hydrogen-bond donors (Lipinski definition) is 1. The number of aliphatic imine (C=N–C) groups is 1. The quantitative estimate of drug-likeness (QED) is 0.428. The Labute approximate surface area is 162 Å². The molecule has 27 heavy (non-hydrogen) atoms. The average Bonchev–Trinajstić information content (AvgIpc) is 2.97. The maximum atomic E-state index is 11.7. The minimum atomic E-state index is -0.310. The van der Waals surface area contributed by atoms with E-state index >= 15 is 0 Å². The molecule has 0 saturated carbocycles. The van der Waals surface area contributed by atoms with Gasteiger partial charge in [0, 0.05) is 0 Å². The lowest BCUT2D eigenvalue weighted by atomic mass is 10.1. The van der Waals surface area contributed by atoms with Crippen LogP contribution >= 0.6 is 11.8 Å². The largest absolute Gasteiger partial charge is 0.490 e. The van der Waals surface area contributed by atoms with E-state index in [0.717, 1.165) is 23.3 Å². The highest BCUT2D eigenvalue weighted by Gasteiger charge is 2.19. The summed E-state index contributed by atoms with van der Waals surface area (Å²) in [6.45, 7) is 4.60. The van der Waals surface area contributed by atoms with E-state index in [9.17, 15) is 4.79 Å². The molecule has 0 aliphatic carbocycles. The van der Waals surface area contributed by atoms with Crippen molar-refractivity contribution in [2.75, 3.05) is 13.2 Å². The molecule has 138 valence electrons. The van der Waals surface area contributed by atoms with Crippen LogP contribution in [0.25, 0.3) is 6.08 Å². The molecule has 0 aromatic heterocycles. The summed E-state index contributed by atoms with van der Waals surface area (Å²) < 4.78 is 11.6. The second-order valence-electron chi connectivity index (χ2n) is 5.74. The van der Waals surface area contributed by atoms with E-state index in [-0.39, 0.29) is 11.1 Å². The number of carbonyl (C=O) groups excluding carboxylic acids is 1. The Bertz CT molecular complexity index is 906. The number of benzene rings is 2. The molecule has 2 aromatic rings. The second-order valence-corrected chi connectivity index (χ2v) is 6.80. The Kier molecular flexibility index (Phi) is 6.33. The predicted octanol–water partition coefficient (Wildman–Crippen LogP) is 3.80. The van der Waals surface area contributed by atoms with Crippen LogP contribution in [0, 0.1) is 0 Å². The van der Waals surface area contributed by atoms with Crippen molar-refractivity contribution in [1.82, 2.24) is 0 Å². The van der Waals surface area contributed by atoms with Gasteiger partial charge in [-0.3, -0.25) is 4.79 Å².